The van der Waals surface area contributed by atoms with Crippen LogP contribution in [0.15, 0.2) is 42.6 Å². The van der Waals surface area contributed by atoms with E-state index in [2.05, 4.69) is 17.2 Å². The molecule has 1 N–H and O–H groups in total. The van der Waals surface area contributed by atoms with Crippen molar-refractivity contribution in [3.8, 4) is 0 Å². The van der Waals surface area contributed by atoms with Gasteiger partial charge < -0.3 is 15.0 Å². The Kier molecular flexibility index (Phi) is 6.06. The van der Waals surface area contributed by atoms with Gasteiger partial charge in [-0.05, 0) is 62.1 Å². The number of nitrogens with zero attached hydrogens (tertiary/aromatic N) is 2. The first-order valence-electron chi connectivity index (χ1n) is 9.36. The van der Waals surface area contributed by atoms with E-state index in [9.17, 15) is 9.59 Å². The first-order valence-corrected chi connectivity index (χ1v) is 9.36. The van der Waals surface area contributed by atoms with E-state index in [4.69, 9.17) is 4.74 Å². The summed E-state index contributed by atoms with van der Waals surface area (Å²) >= 11 is 0. The molecule has 0 spiro atoms. The van der Waals surface area contributed by atoms with Gasteiger partial charge in [-0.25, -0.2) is 4.79 Å². The lowest BCUT2D eigenvalue weighted by molar-refractivity contribution is 0.0526. The third kappa shape index (κ3) is 4.84. The molecule has 1 aromatic heterocycles. The Balaban J connectivity index is 1.68. The molecule has 1 saturated heterocycles. The molecular formula is C21H25N3O3. The average Bonchev–Trinajstić information content (AvgIpc) is 2.68. The molecule has 0 bridgehead atoms. The van der Waals surface area contributed by atoms with E-state index in [1.165, 1.54) is 6.42 Å². The van der Waals surface area contributed by atoms with E-state index in [0.29, 0.717) is 23.8 Å². The van der Waals surface area contributed by atoms with Crippen molar-refractivity contribution >= 4 is 23.3 Å². The highest BCUT2D eigenvalue weighted by atomic mass is 16.5. The van der Waals surface area contributed by atoms with Gasteiger partial charge in [0.05, 0.1) is 12.2 Å². The Morgan fingerprint density at radius 1 is 1.22 bits per heavy atom. The van der Waals surface area contributed by atoms with Crippen LogP contribution in [0.1, 0.15) is 47.5 Å². The van der Waals surface area contributed by atoms with E-state index < -0.39 is 0 Å². The summed E-state index contributed by atoms with van der Waals surface area (Å²) in [5.74, 6) is 0.168. The zero-order chi connectivity index (χ0) is 19.2. The van der Waals surface area contributed by atoms with E-state index in [1.54, 1.807) is 43.5 Å². The number of rotatable bonds is 5. The van der Waals surface area contributed by atoms with Gasteiger partial charge in [-0.3, -0.25) is 9.78 Å². The SMILES string of the molecule is CCOC(=O)c1ccc(Nc2ccnc(C(=O)N3CCCC(C)C3)c2)cc1. The van der Waals surface area contributed by atoms with Gasteiger partial charge >= 0.3 is 5.97 Å². The minimum atomic E-state index is -0.336. The van der Waals surface area contributed by atoms with Crippen LogP contribution in [0.5, 0.6) is 0 Å². The van der Waals surface area contributed by atoms with Gasteiger partial charge in [-0.2, -0.15) is 0 Å². The van der Waals surface area contributed by atoms with Gasteiger partial charge in [0.2, 0.25) is 0 Å². The van der Waals surface area contributed by atoms with Gasteiger partial charge in [0.25, 0.3) is 5.91 Å². The zero-order valence-electron chi connectivity index (χ0n) is 15.8. The summed E-state index contributed by atoms with van der Waals surface area (Å²) in [4.78, 5) is 30.6. The van der Waals surface area contributed by atoms with Crippen LogP contribution in [-0.2, 0) is 4.74 Å². The van der Waals surface area contributed by atoms with Gasteiger partial charge in [-0.1, -0.05) is 6.92 Å². The van der Waals surface area contributed by atoms with Gasteiger partial charge in [-0.15, -0.1) is 0 Å². The quantitative estimate of drug-likeness (QED) is 0.812. The van der Waals surface area contributed by atoms with Crippen LogP contribution in [0.4, 0.5) is 11.4 Å². The van der Waals surface area contributed by atoms with Crippen molar-refractivity contribution in [2.75, 3.05) is 25.0 Å². The molecule has 0 saturated carbocycles. The molecule has 6 heteroatoms. The van der Waals surface area contributed by atoms with Crippen molar-refractivity contribution in [3.63, 3.8) is 0 Å². The van der Waals surface area contributed by atoms with Crippen molar-refractivity contribution in [2.45, 2.75) is 26.7 Å². The number of benzene rings is 1. The highest BCUT2D eigenvalue weighted by Gasteiger charge is 2.23. The second kappa shape index (κ2) is 8.66. The number of aromatic nitrogens is 1. The summed E-state index contributed by atoms with van der Waals surface area (Å²) in [5.41, 5.74) is 2.55. The number of amides is 1. The summed E-state index contributed by atoms with van der Waals surface area (Å²) < 4.78 is 4.98. The number of piperidine rings is 1. The Morgan fingerprint density at radius 2 is 2.00 bits per heavy atom. The van der Waals surface area contributed by atoms with E-state index in [0.717, 1.165) is 30.9 Å². The Morgan fingerprint density at radius 3 is 2.70 bits per heavy atom. The van der Waals surface area contributed by atoms with Crippen LogP contribution in [-0.4, -0.2) is 41.5 Å². The second-order valence-electron chi connectivity index (χ2n) is 6.85. The molecule has 1 aliphatic heterocycles. The smallest absolute Gasteiger partial charge is 0.338 e. The number of ether oxygens (including phenoxy) is 1. The number of carbonyl (C=O) groups is 2. The normalized spacial score (nSPS) is 16.7. The lowest BCUT2D eigenvalue weighted by Crippen LogP contribution is -2.39. The maximum absolute atomic E-state index is 12.7. The third-order valence-corrected chi connectivity index (χ3v) is 4.61. The van der Waals surface area contributed by atoms with Crippen molar-refractivity contribution in [3.05, 3.63) is 53.9 Å². The summed E-state index contributed by atoms with van der Waals surface area (Å²) in [6.45, 7) is 5.87. The fourth-order valence-electron chi connectivity index (χ4n) is 3.23. The fourth-order valence-corrected chi connectivity index (χ4v) is 3.23. The fraction of sp³-hybridized carbons (Fsp3) is 0.381. The maximum atomic E-state index is 12.7. The average molecular weight is 367 g/mol. The molecule has 2 aromatic rings. The first kappa shape index (κ1) is 18.9. The number of likely N-dealkylation sites (tertiary alicyclic amines) is 1. The highest BCUT2D eigenvalue weighted by molar-refractivity contribution is 5.93. The minimum Gasteiger partial charge on any atom is -0.462 e. The molecule has 6 nitrogen and oxygen atoms in total. The topological polar surface area (TPSA) is 71.5 Å². The molecule has 1 aliphatic rings. The molecule has 0 aliphatic carbocycles. The number of esters is 1. The van der Waals surface area contributed by atoms with Crippen molar-refractivity contribution in [1.29, 1.82) is 0 Å². The van der Waals surface area contributed by atoms with Gasteiger partial charge in [0, 0.05) is 30.7 Å². The summed E-state index contributed by atoms with van der Waals surface area (Å²) in [6.07, 6.45) is 3.84. The molecular weight excluding hydrogens is 342 g/mol. The number of hydrogen-bond donors (Lipinski definition) is 1. The predicted octanol–water partition coefficient (Wildman–Crippen LogP) is 3.87. The van der Waals surface area contributed by atoms with E-state index in [-0.39, 0.29) is 11.9 Å². The molecule has 1 aromatic carbocycles. The number of anilines is 2. The lowest BCUT2D eigenvalue weighted by Gasteiger charge is -2.30. The van der Waals surface area contributed by atoms with Crippen LogP contribution in [0.2, 0.25) is 0 Å². The highest BCUT2D eigenvalue weighted by Crippen LogP contribution is 2.21. The van der Waals surface area contributed by atoms with Crippen molar-refractivity contribution in [2.24, 2.45) is 5.92 Å². The Hall–Kier alpha value is -2.89. The van der Waals surface area contributed by atoms with Gasteiger partial charge in [0.1, 0.15) is 5.69 Å². The Bertz CT molecular complexity index is 805. The first-order chi connectivity index (χ1) is 13.1. The molecule has 2 heterocycles. The molecule has 142 valence electrons. The summed E-state index contributed by atoms with van der Waals surface area (Å²) in [7, 11) is 0. The largest absolute Gasteiger partial charge is 0.462 e. The number of hydrogen-bond acceptors (Lipinski definition) is 5. The number of nitrogens with one attached hydrogen (secondary N) is 1. The molecule has 1 unspecified atom stereocenters. The van der Waals surface area contributed by atoms with Crippen LogP contribution in [0.3, 0.4) is 0 Å². The second-order valence-corrected chi connectivity index (χ2v) is 6.85. The monoisotopic (exact) mass is 367 g/mol. The molecule has 1 atom stereocenters. The van der Waals surface area contributed by atoms with Crippen molar-refractivity contribution < 1.29 is 14.3 Å². The van der Waals surface area contributed by atoms with Gasteiger partial charge in [0.15, 0.2) is 0 Å². The van der Waals surface area contributed by atoms with E-state index in [1.807, 2.05) is 11.0 Å². The number of carbonyl (C=O) groups excluding carboxylic acids is 2. The van der Waals surface area contributed by atoms with Crippen molar-refractivity contribution in [1.82, 2.24) is 9.88 Å². The Labute approximate surface area is 159 Å². The predicted molar refractivity (Wildman–Crippen MR) is 104 cm³/mol. The zero-order valence-corrected chi connectivity index (χ0v) is 15.8. The standard InChI is InChI=1S/C21H25N3O3/c1-3-27-21(26)16-6-8-17(9-7-16)23-18-10-11-22-19(13-18)20(25)24-12-4-5-15(2)14-24/h6-11,13,15H,3-5,12,14H2,1-2H3,(H,22,23). The van der Waals surface area contributed by atoms with Crippen LogP contribution >= 0.6 is 0 Å². The molecule has 3 rings (SSSR count). The van der Waals surface area contributed by atoms with Crippen LogP contribution in [0.25, 0.3) is 0 Å². The molecule has 27 heavy (non-hydrogen) atoms. The minimum absolute atomic E-state index is 0.0251. The number of pyridine rings is 1. The summed E-state index contributed by atoms with van der Waals surface area (Å²) in [6, 6.07) is 10.6. The molecule has 0 radical (unpaired) electrons. The summed E-state index contributed by atoms with van der Waals surface area (Å²) in [5, 5.41) is 3.25. The van der Waals surface area contributed by atoms with Crippen LogP contribution in [0, 0.1) is 5.92 Å². The maximum Gasteiger partial charge on any atom is 0.338 e. The molecule has 1 amide bonds. The van der Waals surface area contributed by atoms with E-state index >= 15 is 0 Å². The lowest BCUT2D eigenvalue weighted by atomic mass is 10.00. The molecule has 1 fully saturated rings. The van der Waals surface area contributed by atoms with Crippen LogP contribution < -0.4 is 5.32 Å². The third-order valence-electron chi connectivity index (χ3n) is 4.61.